The molecular weight excluding hydrogens is 1130 g/mol. The van der Waals surface area contributed by atoms with Crippen molar-refractivity contribution in [2.75, 3.05) is 19.8 Å². The number of phosphoric ester groups is 1. The standard InChI is InChI=1S/C60H51N12O13P/c73-49-40(83-58(52(49)76)70-28-67-46-43(61-25-64-55(46)70)37-19-7-13-31-10-1-4-16-34(31)37)22-80-86(79,81-23-41-50(74)53(77)59(84-41)71-29-68-47-44(62-26-65-56(47)71)38-20-8-14-32-11-2-5-17-35(32)38)82-24-42-51(75)54(78)60(85-42)72-30-69-48-45(63-27-66-57(48)72)39-21-9-15-33-12-3-6-18-36(33)39/h1-21,25-30,40-42,49-54,58-60,73-78H,22-24H2/t40-,41-,42-,49-,50-,51-,52-,53-,54-,58-,59-,60-/m1/s1. The molecule has 0 spiro atoms. The van der Waals surface area contributed by atoms with Gasteiger partial charge in [-0.05, 0) is 32.3 Å². The fourth-order valence-electron chi connectivity index (χ4n) is 11.9. The lowest BCUT2D eigenvalue weighted by Crippen LogP contribution is -2.35. The molecule has 0 unspecified atom stereocenters. The highest BCUT2D eigenvalue weighted by atomic mass is 31.2. The molecule has 12 aromatic rings. The number of ether oxygens (including phenoxy) is 3. The molecule has 3 aliphatic rings. The van der Waals surface area contributed by atoms with Crippen LogP contribution in [0.1, 0.15) is 18.7 Å². The first-order valence-electron chi connectivity index (χ1n) is 27.6. The molecule has 0 saturated carbocycles. The van der Waals surface area contributed by atoms with Crippen molar-refractivity contribution in [3.05, 3.63) is 165 Å². The van der Waals surface area contributed by atoms with E-state index >= 15 is 4.57 Å². The molecule has 3 fully saturated rings. The van der Waals surface area contributed by atoms with Gasteiger partial charge in [0.15, 0.2) is 35.6 Å². The first-order chi connectivity index (χ1) is 42.0. The Hall–Kier alpha value is -8.50. The number of benzene rings is 6. The highest BCUT2D eigenvalue weighted by molar-refractivity contribution is 7.48. The number of rotatable bonds is 15. The Morgan fingerprint density at radius 2 is 0.663 bits per heavy atom. The molecule has 3 aliphatic heterocycles. The van der Waals surface area contributed by atoms with Crippen LogP contribution < -0.4 is 0 Å². The summed E-state index contributed by atoms with van der Waals surface area (Å²) in [7, 11) is -4.99. The Balaban J connectivity index is 0.692. The van der Waals surface area contributed by atoms with Gasteiger partial charge in [-0.15, -0.1) is 0 Å². The number of aliphatic hydroxyl groups excluding tert-OH is 6. The Morgan fingerprint density at radius 3 is 0.977 bits per heavy atom. The van der Waals surface area contributed by atoms with Crippen LogP contribution in [0.15, 0.2) is 165 Å². The fraction of sp³-hybridized carbons (Fsp3) is 0.250. The normalized spacial score (nSPS) is 25.3. The molecule has 0 aliphatic carbocycles. The maximum atomic E-state index is 15.1. The summed E-state index contributed by atoms with van der Waals surface area (Å²) in [6, 6.07) is 40.9. The molecule has 86 heavy (non-hydrogen) atoms. The summed E-state index contributed by atoms with van der Waals surface area (Å²) in [5.41, 5.74) is 6.00. The topological polar surface area (TPSA) is 325 Å². The molecule has 9 heterocycles. The summed E-state index contributed by atoms with van der Waals surface area (Å²) < 4.78 is 56.0. The van der Waals surface area contributed by atoms with Crippen LogP contribution in [0.3, 0.4) is 0 Å². The average molecular weight is 1180 g/mol. The average Bonchev–Trinajstić information content (AvgIpc) is 2.05. The molecule has 6 N–H and O–H groups in total. The molecular formula is C60H51N12O13P. The van der Waals surface area contributed by atoms with Gasteiger partial charge in [0, 0.05) is 16.7 Å². The summed E-state index contributed by atoms with van der Waals surface area (Å²) >= 11 is 0. The molecule has 0 bridgehead atoms. The van der Waals surface area contributed by atoms with E-state index in [-0.39, 0.29) is 16.9 Å². The molecule has 15 rings (SSSR count). The third-order valence-corrected chi connectivity index (χ3v) is 17.6. The number of aliphatic hydroxyl groups is 6. The van der Waals surface area contributed by atoms with Crippen LogP contribution in [0.2, 0.25) is 0 Å². The summed E-state index contributed by atoms with van der Waals surface area (Å²) in [5, 5.41) is 75.1. The Labute approximate surface area is 485 Å². The van der Waals surface area contributed by atoms with Gasteiger partial charge in [0.1, 0.15) is 108 Å². The monoisotopic (exact) mass is 1180 g/mol. The van der Waals surface area contributed by atoms with Gasteiger partial charge in [-0.1, -0.05) is 127 Å². The molecule has 26 heteroatoms. The van der Waals surface area contributed by atoms with Gasteiger partial charge in [-0.2, -0.15) is 0 Å². The number of imidazole rings is 3. The molecule has 6 aromatic heterocycles. The number of phosphoric acid groups is 1. The van der Waals surface area contributed by atoms with Crippen molar-refractivity contribution in [2.45, 2.75) is 73.6 Å². The van der Waals surface area contributed by atoms with E-state index in [1.807, 2.05) is 127 Å². The Bertz CT molecular complexity index is 4140. The molecule has 25 nitrogen and oxygen atoms in total. The van der Waals surface area contributed by atoms with Gasteiger partial charge < -0.3 is 44.8 Å². The quantitative estimate of drug-likeness (QED) is 0.0643. The second-order valence-electron chi connectivity index (χ2n) is 21.2. The number of fused-ring (bicyclic) bond motifs is 6. The first-order valence-corrected chi connectivity index (χ1v) is 29.0. The summed E-state index contributed by atoms with van der Waals surface area (Å²) in [6.45, 7) is -2.19. The van der Waals surface area contributed by atoms with E-state index in [9.17, 15) is 30.6 Å². The zero-order valence-corrected chi connectivity index (χ0v) is 45.9. The van der Waals surface area contributed by atoms with Gasteiger partial charge in [0.2, 0.25) is 0 Å². The maximum absolute atomic E-state index is 15.1. The number of hydrogen-bond acceptors (Lipinski definition) is 22. The minimum absolute atomic E-state index is 0.284. The zero-order valence-electron chi connectivity index (χ0n) is 45.0. The number of aromatic nitrogens is 12. The molecule has 434 valence electrons. The van der Waals surface area contributed by atoms with Gasteiger partial charge in [0.25, 0.3) is 0 Å². The summed E-state index contributed by atoms with van der Waals surface area (Å²) in [6.07, 6.45) is -9.47. The third-order valence-electron chi connectivity index (χ3n) is 16.2. The molecule has 0 amide bonds. The van der Waals surface area contributed by atoms with E-state index in [0.29, 0.717) is 33.6 Å². The van der Waals surface area contributed by atoms with Crippen LogP contribution >= 0.6 is 7.82 Å². The van der Waals surface area contributed by atoms with E-state index in [1.54, 1.807) is 0 Å². The van der Waals surface area contributed by atoms with Gasteiger partial charge in [0.05, 0.1) is 38.8 Å². The van der Waals surface area contributed by atoms with Crippen LogP contribution in [0.5, 0.6) is 0 Å². The second-order valence-corrected chi connectivity index (χ2v) is 22.9. The van der Waals surface area contributed by atoms with E-state index in [0.717, 1.165) is 49.0 Å². The van der Waals surface area contributed by atoms with Crippen LogP contribution in [0.25, 0.3) is 99.6 Å². The predicted molar refractivity (Wildman–Crippen MR) is 308 cm³/mol. The molecule has 6 aromatic carbocycles. The Kier molecular flexibility index (Phi) is 13.7. The molecule has 0 radical (unpaired) electrons. The first kappa shape index (κ1) is 54.2. The van der Waals surface area contributed by atoms with Crippen molar-refractivity contribution in [2.24, 2.45) is 0 Å². The van der Waals surface area contributed by atoms with Crippen molar-refractivity contribution in [1.29, 1.82) is 0 Å². The van der Waals surface area contributed by atoms with Crippen LogP contribution in [-0.2, 0) is 32.3 Å². The lowest BCUT2D eigenvalue weighted by Gasteiger charge is -2.24. The molecule has 12 atom stereocenters. The van der Waals surface area contributed by atoms with Gasteiger partial charge in [-0.25, -0.2) is 49.4 Å². The van der Waals surface area contributed by atoms with Crippen molar-refractivity contribution in [3.63, 3.8) is 0 Å². The highest BCUT2D eigenvalue weighted by Crippen LogP contribution is 2.52. The Morgan fingerprint density at radius 1 is 0.372 bits per heavy atom. The van der Waals surface area contributed by atoms with E-state index in [1.165, 1.54) is 51.7 Å². The van der Waals surface area contributed by atoms with Crippen molar-refractivity contribution in [1.82, 2.24) is 58.6 Å². The SMILES string of the molecule is O=P(OC[C@H]1O[C@@H](n2cnc3c(-c4cccc5ccccc45)ncnc32)[C@H](O)[C@@H]1O)(OC[C@H]1O[C@@H](n2cnc3c(-c4cccc5ccccc45)ncnc32)[C@H](O)[C@@H]1O)OC[C@H]1O[C@@H](n2cnc3c(-c4cccc5ccccc45)ncnc32)[C@H](O)[C@@H]1O. The fourth-order valence-corrected chi connectivity index (χ4v) is 13.1. The van der Waals surface area contributed by atoms with E-state index in [2.05, 4.69) is 44.9 Å². The summed E-state index contributed by atoms with van der Waals surface area (Å²) in [5.74, 6) is 0. The van der Waals surface area contributed by atoms with Gasteiger partial charge in [-0.3, -0.25) is 27.3 Å². The van der Waals surface area contributed by atoms with Crippen LogP contribution in [-0.4, -0.2) is 164 Å². The summed E-state index contributed by atoms with van der Waals surface area (Å²) in [4.78, 5) is 41.0. The smallest absolute Gasteiger partial charge is 0.387 e. The third kappa shape index (κ3) is 9.19. The maximum Gasteiger partial charge on any atom is 0.475 e. The lowest BCUT2D eigenvalue weighted by atomic mass is 10.0. The zero-order chi connectivity index (χ0) is 58.4. The minimum Gasteiger partial charge on any atom is -0.387 e. The van der Waals surface area contributed by atoms with Crippen LogP contribution in [0, 0.1) is 0 Å². The minimum atomic E-state index is -4.99. The number of hydrogen-bond donors (Lipinski definition) is 6. The highest BCUT2D eigenvalue weighted by Gasteiger charge is 2.50. The van der Waals surface area contributed by atoms with E-state index < -0.39 is 101 Å². The predicted octanol–water partition coefficient (Wildman–Crippen LogP) is 5.98. The van der Waals surface area contributed by atoms with Crippen molar-refractivity contribution < 1.29 is 63.0 Å². The van der Waals surface area contributed by atoms with Gasteiger partial charge >= 0.3 is 7.82 Å². The van der Waals surface area contributed by atoms with E-state index in [4.69, 9.17) is 27.8 Å². The lowest BCUT2D eigenvalue weighted by molar-refractivity contribution is -0.0723. The molecule has 3 saturated heterocycles. The second kappa shape index (κ2) is 21.8. The number of nitrogens with zero attached hydrogens (tertiary/aromatic N) is 12. The van der Waals surface area contributed by atoms with Crippen molar-refractivity contribution >= 4 is 73.6 Å². The largest absolute Gasteiger partial charge is 0.475 e. The van der Waals surface area contributed by atoms with Crippen LogP contribution in [0.4, 0.5) is 0 Å². The van der Waals surface area contributed by atoms with Crippen molar-refractivity contribution in [3.8, 4) is 33.8 Å².